The van der Waals surface area contributed by atoms with Crippen LogP contribution in [-0.4, -0.2) is 44.2 Å². The number of methoxy groups -OCH3 is 1. The van der Waals surface area contributed by atoms with Gasteiger partial charge in [-0.05, 0) is 0 Å². The fraction of sp³-hybridized carbons (Fsp3) is 0.467. The molecule has 0 aliphatic carbocycles. The number of ether oxygens (including phenoxy) is 4. The lowest BCUT2D eigenvalue weighted by molar-refractivity contribution is -0.0497. The Morgan fingerprint density at radius 3 is 2.68 bits per heavy atom. The molecule has 1 amide bonds. The topological polar surface area (TPSA) is 83.3 Å². The Morgan fingerprint density at radius 1 is 1.20 bits per heavy atom. The summed E-state index contributed by atoms with van der Waals surface area (Å²) in [5.74, 6) is -2.28. The minimum atomic E-state index is -1.22. The van der Waals surface area contributed by atoms with Crippen LogP contribution in [0.25, 0.3) is 11.0 Å². The summed E-state index contributed by atoms with van der Waals surface area (Å²) in [7, 11) is 1.41. The van der Waals surface area contributed by atoms with Crippen LogP contribution in [0.4, 0.5) is 19.4 Å². The fourth-order valence-corrected chi connectivity index (χ4v) is 3.73. The highest BCUT2D eigenvalue weighted by molar-refractivity contribution is 6.03. The van der Waals surface area contributed by atoms with E-state index in [1.165, 1.54) is 12.0 Å². The molecule has 1 aromatic heterocycles. The minimum absolute atomic E-state index is 0.0238. The molecule has 2 fully saturated rings. The van der Waals surface area contributed by atoms with Gasteiger partial charge in [-0.15, -0.1) is 0 Å². The lowest BCUT2D eigenvalue weighted by atomic mass is 9.89. The number of halogens is 2. The van der Waals surface area contributed by atoms with Crippen LogP contribution in [0.15, 0.2) is 4.52 Å². The monoisotopic (exact) mass is 354 g/mol. The maximum absolute atomic E-state index is 14.8. The number of hydrogen-bond acceptors (Lipinski definition) is 7. The highest BCUT2D eigenvalue weighted by Crippen LogP contribution is 2.49. The summed E-state index contributed by atoms with van der Waals surface area (Å²) in [6.07, 6.45) is -2.50. The third-order valence-corrected chi connectivity index (χ3v) is 4.74. The van der Waals surface area contributed by atoms with Gasteiger partial charge < -0.3 is 23.5 Å². The number of anilines is 1. The number of benzene rings is 1. The third kappa shape index (κ3) is 1.78. The predicted octanol–water partition coefficient (Wildman–Crippen LogP) is 2.18. The second kappa shape index (κ2) is 5.10. The maximum Gasteiger partial charge on any atom is 0.416 e. The molecule has 0 spiro atoms. The lowest BCUT2D eigenvalue weighted by Crippen LogP contribution is -2.42. The number of carbonyl (C=O) groups is 1. The van der Waals surface area contributed by atoms with Gasteiger partial charge in [0.1, 0.15) is 18.8 Å². The Labute approximate surface area is 139 Å². The van der Waals surface area contributed by atoms with Crippen LogP contribution >= 0.6 is 0 Å². The highest BCUT2D eigenvalue weighted by atomic mass is 19.2. The quantitative estimate of drug-likeness (QED) is 0.817. The van der Waals surface area contributed by atoms with Crippen molar-refractivity contribution in [1.82, 2.24) is 5.16 Å². The first-order valence-electron chi connectivity index (χ1n) is 7.65. The largest absolute Gasteiger partial charge is 0.447 e. The van der Waals surface area contributed by atoms with Crippen molar-refractivity contribution >= 4 is 22.9 Å². The van der Waals surface area contributed by atoms with Crippen molar-refractivity contribution in [3.05, 3.63) is 22.8 Å². The average Bonchev–Trinajstić information content (AvgIpc) is 3.33. The van der Waals surface area contributed by atoms with Crippen molar-refractivity contribution in [3.8, 4) is 0 Å². The molecule has 0 radical (unpaired) electrons. The number of amides is 1. The molecule has 8 nitrogen and oxygen atoms in total. The number of carbonyl (C=O) groups excluding carboxylic acids is 1. The summed E-state index contributed by atoms with van der Waals surface area (Å²) < 4.78 is 55.7. The zero-order chi connectivity index (χ0) is 17.3. The van der Waals surface area contributed by atoms with Gasteiger partial charge in [0.2, 0.25) is 11.4 Å². The molecule has 0 bridgehead atoms. The van der Waals surface area contributed by atoms with E-state index in [0.717, 1.165) is 0 Å². The number of fused-ring (bicyclic) bond motifs is 2. The van der Waals surface area contributed by atoms with Crippen LogP contribution in [0, 0.1) is 11.6 Å². The van der Waals surface area contributed by atoms with Crippen LogP contribution < -0.4 is 4.90 Å². The van der Waals surface area contributed by atoms with Crippen LogP contribution in [0.5, 0.6) is 0 Å². The smallest absolute Gasteiger partial charge is 0.416 e. The Hall–Kier alpha value is -2.30. The van der Waals surface area contributed by atoms with Gasteiger partial charge in [0.25, 0.3) is 0 Å². The number of cyclic esters (lactones) is 1. The summed E-state index contributed by atoms with van der Waals surface area (Å²) in [6, 6.07) is -0.580. The van der Waals surface area contributed by atoms with Gasteiger partial charge in [0.05, 0.1) is 24.2 Å². The van der Waals surface area contributed by atoms with E-state index in [4.69, 9.17) is 23.5 Å². The zero-order valence-electron chi connectivity index (χ0n) is 13.0. The van der Waals surface area contributed by atoms with Crippen molar-refractivity contribution in [3.63, 3.8) is 0 Å². The molecule has 0 N–H and O–H groups in total. The molecule has 3 aliphatic rings. The number of aromatic nitrogens is 1. The van der Waals surface area contributed by atoms with E-state index in [1.54, 1.807) is 0 Å². The maximum atomic E-state index is 14.8. The summed E-state index contributed by atoms with van der Waals surface area (Å²) in [4.78, 5) is 13.3. The zero-order valence-corrected chi connectivity index (χ0v) is 13.0. The van der Waals surface area contributed by atoms with E-state index >= 15 is 0 Å². The van der Waals surface area contributed by atoms with E-state index in [-0.39, 0.29) is 42.2 Å². The number of rotatable bonds is 2. The van der Waals surface area contributed by atoms with E-state index in [1.807, 2.05) is 0 Å². The molecule has 2 saturated heterocycles. The van der Waals surface area contributed by atoms with Crippen molar-refractivity contribution in [2.75, 3.05) is 31.8 Å². The average molecular weight is 354 g/mol. The molecule has 2 aromatic rings. The van der Waals surface area contributed by atoms with Crippen molar-refractivity contribution < 1.29 is 37.0 Å². The van der Waals surface area contributed by atoms with Gasteiger partial charge in [-0.1, -0.05) is 5.16 Å². The molecule has 25 heavy (non-hydrogen) atoms. The lowest BCUT2D eigenvalue weighted by Gasteiger charge is -2.33. The predicted molar refractivity (Wildman–Crippen MR) is 75.9 cm³/mol. The molecule has 3 aliphatic heterocycles. The minimum Gasteiger partial charge on any atom is -0.447 e. The summed E-state index contributed by atoms with van der Waals surface area (Å²) in [5.41, 5.74) is -0.179. The van der Waals surface area contributed by atoms with Crippen LogP contribution in [-0.2, 0) is 18.9 Å². The van der Waals surface area contributed by atoms with Crippen LogP contribution in [0.3, 0.4) is 0 Å². The summed E-state index contributed by atoms with van der Waals surface area (Å²) in [5, 5.41) is 3.93. The molecule has 2 atom stereocenters. The van der Waals surface area contributed by atoms with Crippen molar-refractivity contribution in [2.24, 2.45) is 0 Å². The Kier molecular flexibility index (Phi) is 3.06. The molecule has 1 aromatic carbocycles. The third-order valence-electron chi connectivity index (χ3n) is 4.74. The number of hydrogen-bond donors (Lipinski definition) is 0. The van der Waals surface area contributed by atoms with Gasteiger partial charge in [-0.2, -0.15) is 4.39 Å². The van der Waals surface area contributed by atoms with Crippen molar-refractivity contribution in [2.45, 2.75) is 18.4 Å². The molecular formula is C15H12F2N2O6. The van der Waals surface area contributed by atoms with E-state index in [2.05, 4.69) is 5.16 Å². The van der Waals surface area contributed by atoms with E-state index in [9.17, 15) is 13.6 Å². The van der Waals surface area contributed by atoms with Gasteiger partial charge in [-0.3, -0.25) is 0 Å². The van der Waals surface area contributed by atoms with Crippen molar-refractivity contribution in [1.29, 1.82) is 0 Å². The van der Waals surface area contributed by atoms with Gasteiger partial charge >= 0.3 is 6.09 Å². The molecule has 0 unspecified atom stereocenters. The van der Waals surface area contributed by atoms with Gasteiger partial charge in [-0.25, -0.2) is 14.1 Å². The standard InChI is InChI=1S/C15H12F2N2O6/c1-21-11-5-4-24-15(20)19(5)13-8-6(11)7(14-22-2-3-23-14)9(16)10(17)12(8)25-18-13/h5,11,14H,2-4H2,1H3/t5-,11+/m1/s1. The highest BCUT2D eigenvalue weighted by Gasteiger charge is 2.50. The molecule has 5 rings (SSSR count). The first-order chi connectivity index (χ1) is 12.1. The van der Waals surface area contributed by atoms with Crippen LogP contribution in [0.2, 0.25) is 0 Å². The van der Waals surface area contributed by atoms with Crippen LogP contribution in [0.1, 0.15) is 23.5 Å². The van der Waals surface area contributed by atoms with Gasteiger partial charge in [0.15, 0.2) is 17.9 Å². The Bertz CT molecular complexity index is 894. The van der Waals surface area contributed by atoms with Gasteiger partial charge in [0, 0.05) is 12.7 Å². The Balaban J connectivity index is 1.87. The molecule has 4 heterocycles. The first-order valence-corrected chi connectivity index (χ1v) is 7.65. The normalized spacial score (nSPS) is 25.7. The molecule has 10 heteroatoms. The molecule has 0 saturated carbocycles. The first kappa shape index (κ1) is 15.0. The SMILES string of the molecule is CO[C@@H]1c2c(C3OCCO3)c(F)c(F)c3onc(c23)N2C(=O)OC[C@H]12. The number of nitrogens with zero attached hydrogens (tertiary/aromatic N) is 2. The molecule has 132 valence electrons. The summed E-state index contributed by atoms with van der Waals surface area (Å²) in [6.45, 7) is 0.541. The second-order valence-corrected chi connectivity index (χ2v) is 5.91. The summed E-state index contributed by atoms with van der Waals surface area (Å²) >= 11 is 0. The second-order valence-electron chi connectivity index (χ2n) is 5.91. The molecular weight excluding hydrogens is 342 g/mol. The van der Waals surface area contributed by atoms with E-state index < -0.39 is 36.2 Å². The fourth-order valence-electron chi connectivity index (χ4n) is 3.73. The van der Waals surface area contributed by atoms with E-state index in [0.29, 0.717) is 5.56 Å². The Morgan fingerprint density at radius 2 is 1.96 bits per heavy atom.